The van der Waals surface area contributed by atoms with Crippen LogP contribution in [0.3, 0.4) is 0 Å². The number of hydrogen-bond donors (Lipinski definition) is 1. The van der Waals surface area contributed by atoms with Gasteiger partial charge in [-0.15, -0.1) is 0 Å². The lowest BCUT2D eigenvalue weighted by atomic mass is 9.91. The average Bonchev–Trinajstić information content (AvgIpc) is 2.55. The maximum Gasteiger partial charge on any atom is 0.184 e. The van der Waals surface area contributed by atoms with Gasteiger partial charge in [0.2, 0.25) is 0 Å². The summed E-state index contributed by atoms with van der Waals surface area (Å²) in [5.41, 5.74) is 1.01. The molecule has 0 amide bonds. The van der Waals surface area contributed by atoms with Crippen LogP contribution in [0.15, 0.2) is 42.7 Å². The second-order valence-corrected chi connectivity index (χ2v) is 6.07. The molecule has 4 rings (SSSR count). The Morgan fingerprint density at radius 2 is 1.73 bits per heavy atom. The fourth-order valence-corrected chi connectivity index (χ4v) is 3.34. The molecule has 0 spiro atoms. The van der Waals surface area contributed by atoms with Gasteiger partial charge in [0.1, 0.15) is 24.1 Å². The zero-order valence-electron chi connectivity index (χ0n) is 12.3. The monoisotopic (exact) mass is 304 g/mol. The molecule has 1 unspecified atom stereocenters. The molecule has 3 saturated heterocycles. The van der Waals surface area contributed by atoms with Crippen molar-refractivity contribution >= 4 is 0 Å². The molecule has 0 saturated carbocycles. The van der Waals surface area contributed by atoms with E-state index in [4.69, 9.17) is 18.9 Å². The van der Waals surface area contributed by atoms with E-state index in [2.05, 4.69) is 6.58 Å². The van der Waals surface area contributed by atoms with E-state index in [1.54, 1.807) is 0 Å². The van der Waals surface area contributed by atoms with E-state index in [-0.39, 0.29) is 30.7 Å². The first-order chi connectivity index (χ1) is 10.7. The zero-order chi connectivity index (χ0) is 15.1. The second-order valence-electron chi connectivity index (χ2n) is 6.07. The normalized spacial score (nSPS) is 41.2. The summed E-state index contributed by atoms with van der Waals surface area (Å²) in [4.78, 5) is 0. The molecule has 1 N–H and O–H groups in total. The maximum atomic E-state index is 9.84. The Hall–Kier alpha value is -1.40. The first-order valence-electron chi connectivity index (χ1n) is 7.71. The van der Waals surface area contributed by atoms with Gasteiger partial charge in [-0.25, -0.2) is 0 Å². The van der Waals surface area contributed by atoms with Gasteiger partial charge in [0.25, 0.3) is 0 Å². The van der Waals surface area contributed by atoms with Crippen LogP contribution in [0.4, 0.5) is 0 Å². The minimum absolute atomic E-state index is 0.0664. The van der Waals surface area contributed by atoms with Crippen molar-refractivity contribution in [1.82, 2.24) is 0 Å². The van der Waals surface area contributed by atoms with Gasteiger partial charge in [0.15, 0.2) is 6.29 Å². The van der Waals surface area contributed by atoms with Crippen LogP contribution in [-0.2, 0) is 18.9 Å². The van der Waals surface area contributed by atoms with E-state index in [0.29, 0.717) is 18.8 Å². The summed E-state index contributed by atoms with van der Waals surface area (Å²) in [7, 11) is 0. The number of aliphatic hydroxyl groups is 1. The zero-order valence-corrected chi connectivity index (χ0v) is 12.3. The third-order valence-electron chi connectivity index (χ3n) is 4.56. The van der Waals surface area contributed by atoms with Gasteiger partial charge in [-0.3, -0.25) is 0 Å². The molecular weight excluding hydrogens is 284 g/mol. The molecule has 3 fully saturated rings. The molecule has 118 valence electrons. The van der Waals surface area contributed by atoms with Gasteiger partial charge in [0.05, 0.1) is 18.8 Å². The molecule has 0 bridgehead atoms. The fraction of sp³-hybridized carbons (Fsp3) is 0.529. The molecule has 0 aromatic heterocycles. The minimum atomic E-state index is -0.653. The predicted octanol–water partition coefficient (Wildman–Crippen LogP) is 1.92. The summed E-state index contributed by atoms with van der Waals surface area (Å²) in [6.45, 7) is 4.25. The first kappa shape index (κ1) is 14.2. The lowest BCUT2D eigenvalue weighted by Gasteiger charge is -2.47. The van der Waals surface area contributed by atoms with Crippen molar-refractivity contribution in [3.8, 4) is 0 Å². The van der Waals surface area contributed by atoms with Crippen molar-refractivity contribution in [2.24, 2.45) is 0 Å². The largest absolute Gasteiger partial charge is 0.490 e. The van der Waals surface area contributed by atoms with E-state index in [1.807, 2.05) is 30.3 Å². The Bertz CT molecular complexity index is 545. The molecule has 3 aliphatic rings. The standard InChI is InChI=1S/C17H20O5/c1-10-12(18)7-13-14(20-10)8-15-16(21-13)9-19-17(22-15)11-5-3-2-4-6-11/h2-6,12-18H,1,7-9H2/t12-,13+,14-,15+,16-,17?/m1/s1. The molecule has 0 radical (unpaired) electrons. The summed E-state index contributed by atoms with van der Waals surface area (Å²) in [5, 5.41) is 9.84. The molecule has 0 aliphatic carbocycles. The van der Waals surface area contributed by atoms with Crippen molar-refractivity contribution in [2.45, 2.75) is 49.7 Å². The van der Waals surface area contributed by atoms with Crippen molar-refractivity contribution in [3.63, 3.8) is 0 Å². The summed E-state index contributed by atoms with van der Waals surface area (Å²) in [6.07, 6.45) is -0.163. The third kappa shape index (κ3) is 2.54. The van der Waals surface area contributed by atoms with Gasteiger partial charge in [-0.2, -0.15) is 0 Å². The van der Waals surface area contributed by atoms with Crippen LogP contribution >= 0.6 is 0 Å². The highest BCUT2D eigenvalue weighted by atomic mass is 16.7. The van der Waals surface area contributed by atoms with Crippen LogP contribution in [0.25, 0.3) is 0 Å². The van der Waals surface area contributed by atoms with Gasteiger partial charge in [-0.05, 0) is 0 Å². The topological polar surface area (TPSA) is 57.2 Å². The number of benzene rings is 1. The Kier molecular flexibility index (Phi) is 3.66. The highest BCUT2D eigenvalue weighted by Gasteiger charge is 2.46. The van der Waals surface area contributed by atoms with Crippen LogP contribution in [-0.4, -0.2) is 42.2 Å². The number of fused-ring (bicyclic) bond motifs is 2. The fourth-order valence-electron chi connectivity index (χ4n) is 3.34. The molecular formula is C17H20O5. The number of aliphatic hydroxyl groups excluding tert-OH is 1. The van der Waals surface area contributed by atoms with Crippen LogP contribution in [0, 0.1) is 0 Å². The van der Waals surface area contributed by atoms with Crippen molar-refractivity contribution in [1.29, 1.82) is 0 Å². The van der Waals surface area contributed by atoms with Crippen molar-refractivity contribution in [3.05, 3.63) is 48.2 Å². The summed E-state index contributed by atoms with van der Waals surface area (Å²) in [5.74, 6) is 0.426. The Labute approximate surface area is 129 Å². The van der Waals surface area contributed by atoms with Crippen molar-refractivity contribution in [2.75, 3.05) is 6.61 Å². The molecule has 1 aromatic rings. The van der Waals surface area contributed by atoms with Gasteiger partial charge in [0, 0.05) is 18.4 Å². The van der Waals surface area contributed by atoms with Gasteiger partial charge in [-0.1, -0.05) is 36.9 Å². The summed E-state index contributed by atoms with van der Waals surface area (Å²) in [6, 6.07) is 9.89. The van der Waals surface area contributed by atoms with E-state index in [9.17, 15) is 5.11 Å². The van der Waals surface area contributed by atoms with Crippen LogP contribution in [0.1, 0.15) is 24.7 Å². The number of ether oxygens (including phenoxy) is 4. The Morgan fingerprint density at radius 1 is 0.955 bits per heavy atom. The summed E-state index contributed by atoms with van der Waals surface area (Å²) >= 11 is 0. The number of rotatable bonds is 1. The smallest absolute Gasteiger partial charge is 0.184 e. The van der Waals surface area contributed by atoms with Crippen LogP contribution in [0.2, 0.25) is 0 Å². The Morgan fingerprint density at radius 3 is 2.55 bits per heavy atom. The molecule has 6 atom stereocenters. The van der Waals surface area contributed by atoms with E-state index in [0.717, 1.165) is 12.0 Å². The summed E-state index contributed by atoms with van der Waals surface area (Å²) < 4.78 is 23.6. The Balaban J connectivity index is 1.46. The molecule has 22 heavy (non-hydrogen) atoms. The van der Waals surface area contributed by atoms with E-state index >= 15 is 0 Å². The highest BCUT2D eigenvalue weighted by Crippen LogP contribution is 2.38. The van der Waals surface area contributed by atoms with Crippen LogP contribution in [0.5, 0.6) is 0 Å². The van der Waals surface area contributed by atoms with Gasteiger partial charge < -0.3 is 24.1 Å². The molecule has 3 heterocycles. The van der Waals surface area contributed by atoms with Gasteiger partial charge >= 0.3 is 0 Å². The third-order valence-corrected chi connectivity index (χ3v) is 4.56. The lowest BCUT2D eigenvalue weighted by molar-refractivity contribution is -0.309. The molecule has 3 aliphatic heterocycles. The SMILES string of the molecule is C=C1O[C@@H]2C[C@@H]3OC(c4ccccc4)OC[C@H]3O[C@H]2C[C@H]1O. The second kappa shape index (κ2) is 5.66. The highest BCUT2D eigenvalue weighted by molar-refractivity contribution is 5.16. The maximum absolute atomic E-state index is 9.84. The molecule has 5 nitrogen and oxygen atoms in total. The van der Waals surface area contributed by atoms with E-state index in [1.165, 1.54) is 0 Å². The van der Waals surface area contributed by atoms with Crippen LogP contribution < -0.4 is 0 Å². The quantitative estimate of drug-likeness (QED) is 0.859. The van der Waals surface area contributed by atoms with E-state index < -0.39 is 6.10 Å². The first-order valence-corrected chi connectivity index (χ1v) is 7.71. The number of hydrogen-bond acceptors (Lipinski definition) is 5. The lowest BCUT2D eigenvalue weighted by Crippen LogP contribution is -2.56. The predicted molar refractivity (Wildman–Crippen MR) is 77.9 cm³/mol. The molecule has 1 aromatic carbocycles. The average molecular weight is 304 g/mol. The van der Waals surface area contributed by atoms with Crippen molar-refractivity contribution < 1.29 is 24.1 Å². The minimum Gasteiger partial charge on any atom is -0.490 e. The molecule has 5 heteroatoms.